The smallest absolute Gasteiger partial charge is 0.243 e. The van der Waals surface area contributed by atoms with Crippen LogP contribution in [0.15, 0.2) is 76.0 Å². The van der Waals surface area contributed by atoms with Crippen molar-refractivity contribution in [3.8, 4) is 5.75 Å². The molecule has 0 bridgehead atoms. The fourth-order valence-corrected chi connectivity index (χ4v) is 6.05. The molecule has 0 spiro atoms. The molecule has 5 amide bonds. The number of guanidine groups is 1. The van der Waals surface area contributed by atoms with E-state index in [0.717, 1.165) is 11.5 Å². The fourth-order valence-electron chi connectivity index (χ4n) is 4.96. The minimum Gasteiger partial charge on any atom is -0.508 e. The molecule has 0 saturated heterocycles. The van der Waals surface area contributed by atoms with Gasteiger partial charge in [-0.2, -0.15) is 0 Å². The van der Waals surface area contributed by atoms with Crippen molar-refractivity contribution in [2.45, 2.75) is 80.9 Å². The highest BCUT2D eigenvalue weighted by Gasteiger charge is 2.30. The Morgan fingerprint density at radius 1 is 0.788 bits per heavy atom. The SMILES string of the molecule is CC(=O)N[C@@H](Cc1ccc(O)cc1)C(=O)N[C@@H](CCCCN)C(=O)N[C@@H](CCCN=C(N)N)C(=O)N[C@H](/C=C/S(=O)(=O)c1ccccc1)CC(N)=O. The predicted octanol–water partition coefficient (Wildman–Crippen LogP) is -1.06. The lowest BCUT2D eigenvalue weighted by atomic mass is 10.0. The molecule has 0 unspecified atom stereocenters. The van der Waals surface area contributed by atoms with Crippen LogP contribution in [0.25, 0.3) is 0 Å². The van der Waals surface area contributed by atoms with Crippen LogP contribution in [0.3, 0.4) is 0 Å². The summed E-state index contributed by atoms with van der Waals surface area (Å²) in [5.41, 5.74) is 22.5. The van der Waals surface area contributed by atoms with Gasteiger partial charge < -0.3 is 49.3 Å². The third-order valence-electron chi connectivity index (χ3n) is 7.54. The average molecular weight is 744 g/mol. The summed E-state index contributed by atoms with van der Waals surface area (Å²) in [5, 5.41) is 21.0. The van der Waals surface area contributed by atoms with Crippen LogP contribution in [0.5, 0.6) is 5.75 Å². The van der Waals surface area contributed by atoms with Crippen molar-refractivity contribution in [2.75, 3.05) is 13.1 Å². The normalized spacial score (nSPS) is 13.6. The van der Waals surface area contributed by atoms with Gasteiger partial charge in [0.2, 0.25) is 29.5 Å². The summed E-state index contributed by atoms with van der Waals surface area (Å²) in [6.07, 6.45) is 2.03. The lowest BCUT2D eigenvalue weighted by Crippen LogP contribution is -2.57. The Bertz CT molecular complexity index is 1670. The maximum Gasteiger partial charge on any atom is 0.243 e. The number of nitrogens with zero attached hydrogens (tertiary/aromatic N) is 1. The summed E-state index contributed by atoms with van der Waals surface area (Å²) < 4.78 is 25.7. The molecule has 0 saturated carbocycles. The van der Waals surface area contributed by atoms with E-state index >= 15 is 0 Å². The van der Waals surface area contributed by atoms with Gasteiger partial charge in [-0.15, -0.1) is 0 Å². The first-order valence-electron chi connectivity index (χ1n) is 16.6. The zero-order valence-corrected chi connectivity index (χ0v) is 29.8. The Kier molecular flexibility index (Phi) is 17.8. The molecule has 0 aromatic heterocycles. The Balaban J connectivity index is 2.34. The van der Waals surface area contributed by atoms with Crippen LogP contribution in [0.4, 0.5) is 0 Å². The molecule has 18 heteroatoms. The van der Waals surface area contributed by atoms with Gasteiger partial charge in [0.25, 0.3) is 0 Å². The maximum atomic E-state index is 13.8. The number of benzene rings is 2. The molecule has 13 N–H and O–H groups in total. The van der Waals surface area contributed by atoms with Crippen LogP contribution in [0.2, 0.25) is 0 Å². The number of phenols is 1. The third-order valence-corrected chi connectivity index (χ3v) is 8.98. The number of nitrogens with one attached hydrogen (secondary N) is 4. The molecule has 0 aliphatic rings. The highest BCUT2D eigenvalue weighted by molar-refractivity contribution is 7.94. The number of carbonyl (C=O) groups excluding carboxylic acids is 5. The van der Waals surface area contributed by atoms with E-state index in [-0.39, 0.29) is 48.8 Å². The monoisotopic (exact) mass is 743 g/mol. The number of sulfone groups is 1. The van der Waals surface area contributed by atoms with E-state index in [9.17, 15) is 37.5 Å². The third kappa shape index (κ3) is 16.0. The van der Waals surface area contributed by atoms with Crippen LogP contribution in [-0.4, -0.2) is 86.3 Å². The molecule has 2 aromatic carbocycles. The number of unbranched alkanes of at least 4 members (excludes halogenated alkanes) is 1. The topological polar surface area (TPSA) is 304 Å². The molecule has 4 atom stereocenters. The second-order valence-corrected chi connectivity index (χ2v) is 13.8. The van der Waals surface area contributed by atoms with Gasteiger partial charge in [0.05, 0.1) is 17.4 Å². The molecule has 0 radical (unpaired) electrons. The minimum absolute atomic E-state index is 0.00249. The van der Waals surface area contributed by atoms with Gasteiger partial charge in [-0.05, 0) is 68.5 Å². The number of primary amides is 1. The van der Waals surface area contributed by atoms with Gasteiger partial charge in [-0.3, -0.25) is 29.0 Å². The van der Waals surface area contributed by atoms with E-state index in [0.29, 0.717) is 24.9 Å². The van der Waals surface area contributed by atoms with Crippen molar-refractivity contribution >= 4 is 45.3 Å². The van der Waals surface area contributed by atoms with Crippen molar-refractivity contribution in [1.82, 2.24) is 21.3 Å². The number of hydrogen-bond acceptors (Lipinski definition) is 10. The van der Waals surface area contributed by atoms with Gasteiger partial charge in [-0.25, -0.2) is 8.42 Å². The number of amides is 5. The molecule has 0 fully saturated rings. The van der Waals surface area contributed by atoms with Crippen LogP contribution in [0.1, 0.15) is 51.0 Å². The summed E-state index contributed by atoms with van der Waals surface area (Å²) in [4.78, 5) is 68.6. The summed E-state index contributed by atoms with van der Waals surface area (Å²) >= 11 is 0. The predicted molar refractivity (Wildman–Crippen MR) is 195 cm³/mol. The highest BCUT2D eigenvalue weighted by Crippen LogP contribution is 2.14. The Labute approximate surface area is 303 Å². The number of phenolic OH excluding ortho intramolecular Hbond substituents is 1. The fraction of sp³-hybridized carbons (Fsp3) is 0.412. The van der Waals surface area contributed by atoms with Crippen molar-refractivity contribution in [2.24, 2.45) is 27.9 Å². The van der Waals surface area contributed by atoms with Crippen LogP contribution >= 0.6 is 0 Å². The zero-order chi connectivity index (χ0) is 38.7. The largest absolute Gasteiger partial charge is 0.508 e. The number of aliphatic imine (C=N–C) groups is 1. The molecular formula is C34H49N9O8S. The second kappa shape index (κ2) is 21.7. The first-order chi connectivity index (χ1) is 24.6. The van der Waals surface area contributed by atoms with E-state index < -0.39 is 70.0 Å². The minimum atomic E-state index is -3.94. The van der Waals surface area contributed by atoms with Crippen molar-refractivity contribution < 1.29 is 37.5 Å². The van der Waals surface area contributed by atoms with Crippen molar-refractivity contribution in [1.29, 1.82) is 0 Å². The van der Waals surface area contributed by atoms with Gasteiger partial charge in [0.1, 0.15) is 23.9 Å². The lowest BCUT2D eigenvalue weighted by Gasteiger charge is -2.26. The van der Waals surface area contributed by atoms with Crippen LogP contribution in [0, 0.1) is 0 Å². The first-order valence-corrected chi connectivity index (χ1v) is 18.1. The highest BCUT2D eigenvalue weighted by atomic mass is 32.2. The van der Waals surface area contributed by atoms with Crippen molar-refractivity contribution in [3.05, 3.63) is 71.6 Å². The van der Waals surface area contributed by atoms with Gasteiger partial charge in [0.15, 0.2) is 15.8 Å². The van der Waals surface area contributed by atoms with Crippen LogP contribution in [-0.2, 0) is 40.2 Å². The first kappa shape index (κ1) is 42.7. The molecule has 2 rings (SSSR count). The van der Waals surface area contributed by atoms with E-state index in [2.05, 4.69) is 26.3 Å². The molecule has 2 aromatic rings. The summed E-state index contributed by atoms with van der Waals surface area (Å²) in [6.45, 7) is 1.67. The van der Waals surface area contributed by atoms with Crippen molar-refractivity contribution in [3.63, 3.8) is 0 Å². The number of aromatic hydroxyl groups is 1. The molecule has 0 aliphatic heterocycles. The zero-order valence-electron chi connectivity index (χ0n) is 29.0. The van der Waals surface area contributed by atoms with E-state index in [4.69, 9.17) is 22.9 Å². The summed E-state index contributed by atoms with van der Waals surface area (Å²) in [6, 6.07) is 8.88. The number of hydrogen-bond donors (Lipinski definition) is 9. The average Bonchev–Trinajstić information content (AvgIpc) is 3.08. The Morgan fingerprint density at radius 3 is 1.92 bits per heavy atom. The van der Waals surface area contributed by atoms with Gasteiger partial charge in [-0.1, -0.05) is 36.4 Å². The number of rotatable bonds is 22. The molecule has 0 aliphatic carbocycles. The van der Waals surface area contributed by atoms with Gasteiger partial charge in [0, 0.05) is 25.3 Å². The molecule has 52 heavy (non-hydrogen) atoms. The van der Waals surface area contributed by atoms with E-state index in [1.165, 1.54) is 31.2 Å². The quantitative estimate of drug-likeness (QED) is 0.0398. The summed E-state index contributed by atoms with van der Waals surface area (Å²) in [7, 11) is -3.94. The Hall–Kier alpha value is -5.49. The molecular weight excluding hydrogens is 694 g/mol. The van der Waals surface area contributed by atoms with Gasteiger partial charge >= 0.3 is 0 Å². The standard InChI is InChI=1S/C34H49N9O8S/c1-22(44)40-29(20-23-12-14-25(45)15-13-23)33(49)43-27(10-5-6-17-35)32(48)42-28(11-7-18-39-34(37)38)31(47)41-24(21-30(36)46)16-19-52(50,51)26-8-3-2-4-9-26/h2-4,8-9,12-16,19,24,27-29,45H,5-7,10-11,17-18,20-21,35H2,1H3,(H2,36,46)(H,40,44)(H,41,47)(H,42,48)(H,43,49)(H4,37,38,39)/b19-16+/t24-,27+,28+,29+/m1/s1. The van der Waals surface area contributed by atoms with E-state index in [1.807, 2.05) is 0 Å². The summed E-state index contributed by atoms with van der Waals surface area (Å²) in [5.74, 6) is -3.65. The second-order valence-electron chi connectivity index (χ2n) is 12.0. The van der Waals surface area contributed by atoms with E-state index in [1.54, 1.807) is 30.3 Å². The molecule has 284 valence electrons. The maximum absolute atomic E-state index is 13.8. The lowest BCUT2D eigenvalue weighted by molar-refractivity contribution is -0.133. The molecule has 17 nitrogen and oxygen atoms in total. The number of carbonyl (C=O) groups is 5. The number of nitrogens with two attached hydrogens (primary N) is 4. The van der Waals surface area contributed by atoms with Crippen LogP contribution < -0.4 is 44.2 Å². The molecule has 0 heterocycles. The Morgan fingerprint density at radius 2 is 1.37 bits per heavy atom.